The predicted octanol–water partition coefficient (Wildman–Crippen LogP) is 2.82. The lowest BCUT2D eigenvalue weighted by Gasteiger charge is -2.13. The first kappa shape index (κ1) is 12.0. The maximum Gasteiger partial charge on any atom is 0.144 e. The van der Waals surface area contributed by atoms with Crippen LogP contribution in [0.25, 0.3) is 0 Å². The van der Waals surface area contributed by atoms with Gasteiger partial charge in [0.2, 0.25) is 0 Å². The Morgan fingerprint density at radius 3 is 2.53 bits per heavy atom. The van der Waals surface area contributed by atoms with Crippen molar-refractivity contribution in [2.75, 3.05) is 7.11 Å². The summed E-state index contributed by atoms with van der Waals surface area (Å²) < 4.78 is 9.95. The molecule has 1 aromatic rings. The highest BCUT2D eigenvalue weighted by molar-refractivity contribution is 7.75. The summed E-state index contributed by atoms with van der Waals surface area (Å²) in [4.78, 5) is 0. The monoisotopic (exact) mass is 228 g/mol. The molecular formula is C11H16O3S. The second-order valence-electron chi connectivity index (χ2n) is 3.81. The number of hydrogen-bond acceptors (Lipinski definition) is 4. The lowest BCUT2D eigenvalue weighted by atomic mass is 10.0. The van der Waals surface area contributed by atoms with Crippen LogP contribution < -0.4 is 8.92 Å². The molecule has 0 aliphatic carbocycles. The third-order valence-electron chi connectivity index (χ3n) is 2.10. The average molecular weight is 228 g/mol. The molecule has 1 aromatic carbocycles. The summed E-state index contributed by atoms with van der Waals surface area (Å²) in [5.41, 5.74) is 0.807. The molecule has 0 saturated heterocycles. The fourth-order valence-electron chi connectivity index (χ4n) is 1.45. The van der Waals surface area contributed by atoms with E-state index >= 15 is 0 Å². The molecule has 1 N–H and O–H groups in total. The Morgan fingerprint density at radius 1 is 1.40 bits per heavy atom. The number of phenols is 1. The van der Waals surface area contributed by atoms with E-state index < -0.39 is 0 Å². The van der Waals surface area contributed by atoms with Crippen molar-refractivity contribution < 1.29 is 14.0 Å². The minimum atomic E-state index is 0.187. The third-order valence-corrected chi connectivity index (χ3v) is 2.31. The van der Waals surface area contributed by atoms with Gasteiger partial charge in [0.25, 0.3) is 0 Å². The third kappa shape index (κ3) is 2.96. The molecule has 0 heterocycles. The number of rotatable bonds is 4. The highest BCUT2D eigenvalue weighted by atomic mass is 32.1. The van der Waals surface area contributed by atoms with E-state index in [1.165, 1.54) is 6.07 Å². The number of ether oxygens (including phenoxy) is 1. The van der Waals surface area contributed by atoms with Gasteiger partial charge in [-0.2, -0.15) is 0 Å². The molecule has 0 aliphatic heterocycles. The smallest absolute Gasteiger partial charge is 0.144 e. The summed E-state index contributed by atoms with van der Waals surface area (Å²) in [6.45, 7) is 4.17. The zero-order chi connectivity index (χ0) is 11.4. The molecule has 0 aliphatic rings. The molecule has 0 unspecified atom stereocenters. The van der Waals surface area contributed by atoms with Crippen molar-refractivity contribution in [3.8, 4) is 17.2 Å². The number of hydrogen-bond donors (Lipinski definition) is 2. The van der Waals surface area contributed by atoms with Crippen LogP contribution in [0.4, 0.5) is 0 Å². The van der Waals surface area contributed by atoms with Crippen LogP contribution >= 0.6 is 12.9 Å². The highest BCUT2D eigenvalue weighted by Crippen LogP contribution is 2.35. The maximum atomic E-state index is 9.79. The molecule has 0 saturated carbocycles. The second-order valence-corrected chi connectivity index (χ2v) is 4.00. The molecule has 0 fully saturated rings. The van der Waals surface area contributed by atoms with Crippen molar-refractivity contribution in [1.29, 1.82) is 0 Å². The fraction of sp³-hybridized carbons (Fsp3) is 0.455. The summed E-state index contributed by atoms with van der Waals surface area (Å²) in [5, 5.41) is 9.79. The van der Waals surface area contributed by atoms with Crippen LogP contribution in [-0.2, 0) is 6.42 Å². The van der Waals surface area contributed by atoms with Gasteiger partial charge in [0, 0.05) is 30.6 Å². The summed E-state index contributed by atoms with van der Waals surface area (Å²) in [5.74, 6) is 1.74. The van der Waals surface area contributed by atoms with Crippen LogP contribution in [0.1, 0.15) is 19.4 Å². The normalized spacial score (nSPS) is 10.5. The van der Waals surface area contributed by atoms with E-state index in [-0.39, 0.29) is 5.75 Å². The molecule has 0 amide bonds. The van der Waals surface area contributed by atoms with E-state index in [0.717, 1.165) is 12.0 Å². The fourth-order valence-corrected chi connectivity index (χ4v) is 1.56. The number of aromatic hydroxyl groups is 1. The second kappa shape index (κ2) is 5.16. The Kier molecular flexibility index (Phi) is 4.15. The molecule has 15 heavy (non-hydrogen) atoms. The minimum absolute atomic E-state index is 0.187. The molecule has 0 aromatic heterocycles. The van der Waals surface area contributed by atoms with E-state index in [2.05, 4.69) is 26.8 Å². The summed E-state index contributed by atoms with van der Waals surface area (Å²) >= 11 is 3.68. The van der Waals surface area contributed by atoms with Crippen molar-refractivity contribution in [3.63, 3.8) is 0 Å². The molecule has 0 radical (unpaired) electrons. The molecule has 4 heteroatoms. The molecule has 84 valence electrons. The number of thiol groups is 1. The van der Waals surface area contributed by atoms with Crippen molar-refractivity contribution in [1.82, 2.24) is 0 Å². The first-order valence-electron chi connectivity index (χ1n) is 4.79. The first-order chi connectivity index (χ1) is 7.08. The Labute approximate surface area is 95.6 Å². The predicted molar refractivity (Wildman–Crippen MR) is 62.8 cm³/mol. The summed E-state index contributed by atoms with van der Waals surface area (Å²) in [6.07, 6.45) is 0.766. The lowest BCUT2D eigenvalue weighted by Crippen LogP contribution is -1.98. The van der Waals surface area contributed by atoms with E-state index in [0.29, 0.717) is 17.4 Å². The number of methoxy groups -OCH3 is 1. The Hall–Kier alpha value is -1.03. The molecule has 0 spiro atoms. The van der Waals surface area contributed by atoms with Crippen molar-refractivity contribution >= 4 is 12.9 Å². The lowest BCUT2D eigenvalue weighted by molar-refractivity contribution is 0.392. The first-order valence-corrected chi connectivity index (χ1v) is 5.16. The molecule has 0 bridgehead atoms. The Balaban J connectivity index is 3.12. The summed E-state index contributed by atoms with van der Waals surface area (Å²) in [7, 11) is 1.57. The number of phenolic OH excluding ortho intramolecular Hbond substituents is 1. The Morgan fingerprint density at radius 2 is 2.07 bits per heavy atom. The van der Waals surface area contributed by atoms with Gasteiger partial charge in [-0.3, -0.25) is 0 Å². The summed E-state index contributed by atoms with van der Waals surface area (Å²) in [6, 6.07) is 3.25. The van der Waals surface area contributed by atoms with Gasteiger partial charge in [-0.1, -0.05) is 13.8 Å². The van der Waals surface area contributed by atoms with Gasteiger partial charge < -0.3 is 14.0 Å². The minimum Gasteiger partial charge on any atom is -0.507 e. The van der Waals surface area contributed by atoms with Gasteiger partial charge in [-0.15, -0.1) is 0 Å². The van der Waals surface area contributed by atoms with Crippen LogP contribution in [0.2, 0.25) is 0 Å². The van der Waals surface area contributed by atoms with Gasteiger partial charge in [0.1, 0.15) is 17.2 Å². The van der Waals surface area contributed by atoms with Crippen LogP contribution in [0.3, 0.4) is 0 Å². The average Bonchev–Trinajstić information content (AvgIpc) is 2.20. The van der Waals surface area contributed by atoms with Crippen LogP contribution in [-0.4, -0.2) is 12.2 Å². The molecule has 0 atom stereocenters. The highest BCUT2D eigenvalue weighted by Gasteiger charge is 2.13. The van der Waals surface area contributed by atoms with Gasteiger partial charge in [-0.25, -0.2) is 0 Å². The molecular weight excluding hydrogens is 212 g/mol. The maximum absolute atomic E-state index is 9.79. The van der Waals surface area contributed by atoms with E-state index in [4.69, 9.17) is 8.92 Å². The molecule has 3 nitrogen and oxygen atoms in total. The SMILES string of the molecule is COc1cc(OS)cc(O)c1CC(C)C. The van der Waals surface area contributed by atoms with E-state index in [9.17, 15) is 5.11 Å². The van der Waals surface area contributed by atoms with E-state index in [1.807, 2.05) is 0 Å². The van der Waals surface area contributed by atoms with Crippen molar-refractivity contribution in [2.45, 2.75) is 20.3 Å². The standard InChI is InChI=1S/C11H16O3S/c1-7(2)4-9-10(12)5-8(14-15)6-11(9)13-3/h5-7,12,15H,4H2,1-3H3. The molecule has 1 rings (SSSR count). The van der Waals surface area contributed by atoms with Gasteiger partial charge in [-0.05, 0) is 12.3 Å². The van der Waals surface area contributed by atoms with Crippen LogP contribution in [0.15, 0.2) is 12.1 Å². The zero-order valence-electron chi connectivity index (χ0n) is 9.15. The topological polar surface area (TPSA) is 38.7 Å². The van der Waals surface area contributed by atoms with Crippen LogP contribution in [0, 0.1) is 5.92 Å². The number of benzene rings is 1. The van der Waals surface area contributed by atoms with Crippen molar-refractivity contribution in [2.24, 2.45) is 5.92 Å². The Bertz CT molecular complexity index is 337. The van der Waals surface area contributed by atoms with E-state index in [1.54, 1.807) is 13.2 Å². The zero-order valence-corrected chi connectivity index (χ0v) is 10.0. The van der Waals surface area contributed by atoms with Gasteiger partial charge in [0.05, 0.1) is 7.11 Å². The van der Waals surface area contributed by atoms with Crippen molar-refractivity contribution in [3.05, 3.63) is 17.7 Å². The van der Waals surface area contributed by atoms with Gasteiger partial charge in [0.15, 0.2) is 0 Å². The van der Waals surface area contributed by atoms with Crippen LogP contribution in [0.5, 0.6) is 17.2 Å². The quantitative estimate of drug-likeness (QED) is 0.615. The largest absolute Gasteiger partial charge is 0.507 e. The van der Waals surface area contributed by atoms with Gasteiger partial charge >= 0.3 is 0 Å².